The van der Waals surface area contributed by atoms with Gasteiger partial charge < -0.3 is 9.84 Å². The Labute approximate surface area is 126 Å². The molecule has 1 atom stereocenters. The molecule has 2 aromatic rings. The second kappa shape index (κ2) is 6.37. The van der Waals surface area contributed by atoms with Crippen LogP contribution in [0, 0.1) is 12.7 Å². The Bertz CT molecular complexity index is 591. The van der Waals surface area contributed by atoms with E-state index < -0.39 is 6.10 Å². The number of hydrogen-bond donors (Lipinski definition) is 1. The van der Waals surface area contributed by atoms with Gasteiger partial charge in [-0.05, 0) is 60.9 Å². The minimum Gasteiger partial charge on any atom is -0.489 e. The van der Waals surface area contributed by atoms with Gasteiger partial charge in [0.25, 0.3) is 0 Å². The SMILES string of the molecule is Cc1cc([C@H](C)O)ccc1OCc1cc(F)cc(Br)c1. The average Bonchev–Trinajstić information content (AvgIpc) is 2.36. The minimum absolute atomic E-state index is 0.292. The summed E-state index contributed by atoms with van der Waals surface area (Å²) >= 11 is 3.26. The molecule has 4 heteroatoms. The molecule has 0 amide bonds. The van der Waals surface area contributed by atoms with Crippen molar-refractivity contribution < 1.29 is 14.2 Å². The lowest BCUT2D eigenvalue weighted by Crippen LogP contribution is -1.99. The van der Waals surface area contributed by atoms with E-state index in [4.69, 9.17) is 4.74 Å². The predicted molar refractivity (Wildman–Crippen MR) is 80.2 cm³/mol. The number of benzene rings is 2. The summed E-state index contributed by atoms with van der Waals surface area (Å²) in [6, 6.07) is 10.2. The molecule has 2 aromatic carbocycles. The Morgan fingerprint density at radius 1 is 1.25 bits per heavy atom. The molecule has 20 heavy (non-hydrogen) atoms. The summed E-state index contributed by atoms with van der Waals surface area (Å²) in [6.45, 7) is 3.94. The van der Waals surface area contributed by atoms with Crippen molar-refractivity contribution in [1.82, 2.24) is 0 Å². The Kier molecular flexibility index (Phi) is 4.78. The molecule has 0 aliphatic carbocycles. The van der Waals surface area contributed by atoms with Crippen molar-refractivity contribution in [3.8, 4) is 5.75 Å². The van der Waals surface area contributed by atoms with Crippen molar-refractivity contribution in [1.29, 1.82) is 0 Å². The van der Waals surface area contributed by atoms with Crippen LogP contribution in [-0.4, -0.2) is 5.11 Å². The van der Waals surface area contributed by atoms with Crippen LogP contribution in [-0.2, 0) is 6.61 Å². The zero-order chi connectivity index (χ0) is 14.7. The first-order valence-electron chi connectivity index (χ1n) is 6.32. The highest BCUT2D eigenvalue weighted by Gasteiger charge is 2.06. The lowest BCUT2D eigenvalue weighted by molar-refractivity contribution is 0.199. The third kappa shape index (κ3) is 3.81. The number of aryl methyl sites for hydroxylation is 1. The maximum atomic E-state index is 13.3. The Balaban J connectivity index is 2.11. The maximum Gasteiger partial charge on any atom is 0.124 e. The van der Waals surface area contributed by atoms with Crippen molar-refractivity contribution in [2.24, 2.45) is 0 Å². The summed E-state index contributed by atoms with van der Waals surface area (Å²) in [6.07, 6.45) is -0.498. The molecule has 0 aliphatic heterocycles. The van der Waals surface area contributed by atoms with Crippen LogP contribution in [0.3, 0.4) is 0 Å². The van der Waals surface area contributed by atoms with E-state index in [1.807, 2.05) is 31.2 Å². The average molecular weight is 339 g/mol. The van der Waals surface area contributed by atoms with Crippen LogP contribution in [0.2, 0.25) is 0 Å². The minimum atomic E-state index is -0.498. The molecule has 1 N–H and O–H groups in total. The zero-order valence-electron chi connectivity index (χ0n) is 11.4. The van der Waals surface area contributed by atoms with Gasteiger partial charge in [0.1, 0.15) is 18.2 Å². The van der Waals surface area contributed by atoms with Crippen LogP contribution in [0.15, 0.2) is 40.9 Å². The number of ether oxygens (including phenoxy) is 1. The summed E-state index contributed by atoms with van der Waals surface area (Å²) in [7, 11) is 0. The van der Waals surface area contributed by atoms with Gasteiger partial charge in [0.2, 0.25) is 0 Å². The van der Waals surface area contributed by atoms with Gasteiger partial charge in [0.05, 0.1) is 6.10 Å². The third-order valence-electron chi connectivity index (χ3n) is 3.00. The van der Waals surface area contributed by atoms with E-state index in [0.29, 0.717) is 11.1 Å². The molecule has 2 rings (SSSR count). The van der Waals surface area contributed by atoms with Crippen molar-refractivity contribution in [3.05, 3.63) is 63.4 Å². The topological polar surface area (TPSA) is 29.5 Å². The first kappa shape index (κ1) is 15.0. The second-order valence-corrected chi connectivity index (χ2v) is 5.68. The van der Waals surface area contributed by atoms with Crippen LogP contribution in [0.1, 0.15) is 29.7 Å². The molecule has 0 spiro atoms. The van der Waals surface area contributed by atoms with Crippen molar-refractivity contribution in [3.63, 3.8) is 0 Å². The van der Waals surface area contributed by atoms with Gasteiger partial charge in [-0.3, -0.25) is 0 Å². The van der Waals surface area contributed by atoms with Gasteiger partial charge >= 0.3 is 0 Å². The van der Waals surface area contributed by atoms with Crippen LogP contribution >= 0.6 is 15.9 Å². The van der Waals surface area contributed by atoms with Crippen LogP contribution in [0.5, 0.6) is 5.75 Å². The van der Waals surface area contributed by atoms with E-state index in [1.54, 1.807) is 6.92 Å². The fourth-order valence-corrected chi connectivity index (χ4v) is 2.46. The number of hydrogen-bond acceptors (Lipinski definition) is 2. The fourth-order valence-electron chi connectivity index (χ4n) is 1.95. The number of halogens is 2. The summed E-state index contributed by atoms with van der Waals surface area (Å²) in [4.78, 5) is 0. The van der Waals surface area contributed by atoms with Gasteiger partial charge in [-0.15, -0.1) is 0 Å². The molecular weight excluding hydrogens is 323 g/mol. The molecule has 0 unspecified atom stereocenters. The summed E-state index contributed by atoms with van der Waals surface area (Å²) in [5, 5.41) is 9.52. The molecule has 2 nitrogen and oxygen atoms in total. The molecular formula is C16H16BrFO2. The molecule has 0 bridgehead atoms. The van der Waals surface area contributed by atoms with E-state index in [9.17, 15) is 9.50 Å². The first-order valence-corrected chi connectivity index (χ1v) is 7.11. The largest absolute Gasteiger partial charge is 0.489 e. The summed E-state index contributed by atoms with van der Waals surface area (Å²) < 4.78 is 19.7. The van der Waals surface area contributed by atoms with Crippen molar-refractivity contribution in [2.45, 2.75) is 26.6 Å². The Morgan fingerprint density at radius 3 is 2.60 bits per heavy atom. The van der Waals surface area contributed by atoms with Crippen LogP contribution < -0.4 is 4.74 Å². The molecule has 0 radical (unpaired) electrons. The zero-order valence-corrected chi connectivity index (χ0v) is 12.9. The Hall–Kier alpha value is -1.39. The van der Waals surface area contributed by atoms with E-state index in [2.05, 4.69) is 15.9 Å². The fraction of sp³-hybridized carbons (Fsp3) is 0.250. The number of aliphatic hydroxyl groups excluding tert-OH is 1. The normalized spacial score (nSPS) is 12.2. The summed E-state index contributed by atoms with van der Waals surface area (Å²) in [5.74, 6) is 0.439. The van der Waals surface area contributed by atoms with Gasteiger partial charge in [-0.25, -0.2) is 4.39 Å². The monoisotopic (exact) mass is 338 g/mol. The van der Waals surface area contributed by atoms with Crippen molar-refractivity contribution >= 4 is 15.9 Å². The molecule has 0 aromatic heterocycles. The third-order valence-corrected chi connectivity index (χ3v) is 3.46. The van der Waals surface area contributed by atoms with E-state index >= 15 is 0 Å². The van der Waals surface area contributed by atoms with Crippen molar-refractivity contribution in [2.75, 3.05) is 0 Å². The van der Waals surface area contributed by atoms with Gasteiger partial charge in [0, 0.05) is 4.47 Å². The highest BCUT2D eigenvalue weighted by Crippen LogP contribution is 2.24. The Morgan fingerprint density at radius 2 is 2.00 bits per heavy atom. The highest BCUT2D eigenvalue weighted by atomic mass is 79.9. The van der Waals surface area contributed by atoms with E-state index in [1.165, 1.54) is 12.1 Å². The number of aliphatic hydroxyl groups is 1. The number of rotatable bonds is 4. The van der Waals surface area contributed by atoms with Crippen LogP contribution in [0.25, 0.3) is 0 Å². The van der Waals surface area contributed by atoms with Crippen LogP contribution in [0.4, 0.5) is 4.39 Å². The van der Waals surface area contributed by atoms with Gasteiger partial charge in [-0.1, -0.05) is 22.0 Å². The standard InChI is InChI=1S/C16H16BrFO2/c1-10-5-13(11(2)19)3-4-16(10)20-9-12-6-14(17)8-15(18)7-12/h3-8,11,19H,9H2,1-2H3/t11-/m0/s1. The maximum absolute atomic E-state index is 13.3. The molecule has 0 saturated carbocycles. The molecule has 106 valence electrons. The quantitative estimate of drug-likeness (QED) is 0.887. The highest BCUT2D eigenvalue weighted by molar-refractivity contribution is 9.10. The first-order chi connectivity index (χ1) is 9.45. The van der Waals surface area contributed by atoms with E-state index in [-0.39, 0.29) is 5.82 Å². The predicted octanol–water partition coefficient (Wildman–Crippen LogP) is 4.53. The van der Waals surface area contributed by atoms with Gasteiger partial charge in [0.15, 0.2) is 0 Å². The summed E-state index contributed by atoms with van der Waals surface area (Å²) in [5.41, 5.74) is 2.55. The smallest absolute Gasteiger partial charge is 0.124 e. The lowest BCUT2D eigenvalue weighted by Gasteiger charge is -2.12. The van der Waals surface area contributed by atoms with Gasteiger partial charge in [-0.2, -0.15) is 0 Å². The second-order valence-electron chi connectivity index (χ2n) is 4.77. The molecule has 0 aliphatic rings. The lowest BCUT2D eigenvalue weighted by atomic mass is 10.1. The van der Waals surface area contributed by atoms with E-state index in [0.717, 1.165) is 22.4 Å². The molecule has 0 saturated heterocycles. The molecule has 0 heterocycles. The molecule has 0 fully saturated rings.